The van der Waals surface area contributed by atoms with E-state index in [4.69, 9.17) is 9.47 Å². The molecule has 0 unspecified atom stereocenters. The third kappa shape index (κ3) is 6.75. The van der Waals surface area contributed by atoms with Crippen molar-refractivity contribution in [2.75, 3.05) is 13.2 Å². The number of hydrogen-bond donors (Lipinski definition) is 0. The molecule has 0 saturated heterocycles. The summed E-state index contributed by atoms with van der Waals surface area (Å²) < 4.78 is 9.85. The normalized spacial score (nSPS) is 11.0. The van der Waals surface area contributed by atoms with Crippen molar-refractivity contribution in [3.63, 3.8) is 0 Å². The van der Waals surface area contributed by atoms with Gasteiger partial charge in [0.25, 0.3) is 0 Å². The fraction of sp³-hybridized carbons (Fsp3) is 0.412. The SMILES string of the molecule is CCOC(=O)CC=C(CCC(=O)OCC)c1ccccc1. The number of rotatable bonds is 8. The van der Waals surface area contributed by atoms with E-state index in [9.17, 15) is 9.59 Å². The highest BCUT2D eigenvalue weighted by molar-refractivity contribution is 5.78. The Morgan fingerprint density at radius 3 is 2.19 bits per heavy atom. The first kappa shape index (κ1) is 17.0. The van der Waals surface area contributed by atoms with E-state index in [-0.39, 0.29) is 18.4 Å². The first-order valence-electron chi connectivity index (χ1n) is 7.23. The van der Waals surface area contributed by atoms with Crippen LogP contribution in [0, 0.1) is 0 Å². The van der Waals surface area contributed by atoms with Gasteiger partial charge in [-0.2, -0.15) is 0 Å². The summed E-state index contributed by atoms with van der Waals surface area (Å²) >= 11 is 0. The van der Waals surface area contributed by atoms with Gasteiger partial charge in [-0.15, -0.1) is 0 Å². The zero-order chi connectivity index (χ0) is 15.5. The predicted molar refractivity (Wildman–Crippen MR) is 81.5 cm³/mol. The molecule has 0 spiro atoms. The lowest BCUT2D eigenvalue weighted by Gasteiger charge is -2.08. The van der Waals surface area contributed by atoms with Crippen molar-refractivity contribution in [2.24, 2.45) is 0 Å². The van der Waals surface area contributed by atoms with E-state index in [0.717, 1.165) is 11.1 Å². The molecular formula is C17H22O4. The standard InChI is InChI=1S/C17H22O4/c1-3-20-16(18)12-10-15(11-13-17(19)21-4-2)14-8-6-5-7-9-14/h5-10H,3-4,11-13H2,1-2H3. The number of carbonyl (C=O) groups is 2. The van der Waals surface area contributed by atoms with Gasteiger partial charge < -0.3 is 9.47 Å². The van der Waals surface area contributed by atoms with Crippen LogP contribution >= 0.6 is 0 Å². The second-order valence-corrected chi connectivity index (χ2v) is 4.41. The van der Waals surface area contributed by atoms with E-state index in [0.29, 0.717) is 26.1 Å². The van der Waals surface area contributed by atoms with E-state index in [1.165, 1.54) is 0 Å². The lowest BCUT2D eigenvalue weighted by molar-refractivity contribution is -0.143. The Morgan fingerprint density at radius 1 is 0.952 bits per heavy atom. The molecule has 0 saturated carbocycles. The van der Waals surface area contributed by atoms with Crippen molar-refractivity contribution >= 4 is 17.5 Å². The van der Waals surface area contributed by atoms with E-state index in [2.05, 4.69) is 0 Å². The van der Waals surface area contributed by atoms with Crippen LogP contribution in [0.15, 0.2) is 36.4 Å². The summed E-state index contributed by atoms with van der Waals surface area (Å²) in [5.41, 5.74) is 1.96. The molecule has 0 aliphatic heterocycles. The summed E-state index contributed by atoms with van der Waals surface area (Å²) in [4.78, 5) is 22.9. The molecule has 0 aliphatic carbocycles. The highest BCUT2D eigenvalue weighted by Gasteiger charge is 2.08. The molecule has 0 aliphatic rings. The molecule has 0 heterocycles. The molecule has 1 aromatic carbocycles. The number of benzene rings is 1. The van der Waals surface area contributed by atoms with Gasteiger partial charge in [0.05, 0.1) is 19.6 Å². The molecule has 4 heteroatoms. The number of ether oxygens (including phenoxy) is 2. The maximum Gasteiger partial charge on any atom is 0.309 e. The third-order valence-electron chi connectivity index (χ3n) is 2.87. The van der Waals surface area contributed by atoms with Gasteiger partial charge in [-0.05, 0) is 31.4 Å². The van der Waals surface area contributed by atoms with E-state index in [1.54, 1.807) is 13.8 Å². The Labute approximate surface area is 125 Å². The van der Waals surface area contributed by atoms with Gasteiger partial charge in [0.1, 0.15) is 0 Å². The lowest BCUT2D eigenvalue weighted by Crippen LogP contribution is -2.05. The fourth-order valence-corrected chi connectivity index (χ4v) is 1.91. The van der Waals surface area contributed by atoms with Crippen molar-refractivity contribution in [1.29, 1.82) is 0 Å². The van der Waals surface area contributed by atoms with Crippen LogP contribution in [0.5, 0.6) is 0 Å². The summed E-state index contributed by atoms with van der Waals surface area (Å²) in [5.74, 6) is -0.488. The van der Waals surface area contributed by atoms with Crippen molar-refractivity contribution in [3.8, 4) is 0 Å². The molecule has 0 atom stereocenters. The highest BCUT2D eigenvalue weighted by atomic mass is 16.5. The Hall–Kier alpha value is -2.10. The number of hydrogen-bond acceptors (Lipinski definition) is 4. The predicted octanol–water partition coefficient (Wildman–Crippen LogP) is 3.37. The summed E-state index contributed by atoms with van der Waals surface area (Å²) in [7, 11) is 0. The summed E-state index contributed by atoms with van der Waals surface area (Å²) in [5, 5.41) is 0. The van der Waals surface area contributed by atoms with Crippen molar-refractivity contribution in [1.82, 2.24) is 0 Å². The molecule has 0 fully saturated rings. The smallest absolute Gasteiger partial charge is 0.309 e. The van der Waals surface area contributed by atoms with Crippen LogP contribution in [-0.4, -0.2) is 25.2 Å². The summed E-state index contributed by atoms with van der Waals surface area (Å²) in [6.07, 6.45) is 2.88. The maximum atomic E-state index is 11.5. The molecule has 0 N–H and O–H groups in total. The van der Waals surface area contributed by atoms with E-state index in [1.807, 2.05) is 36.4 Å². The summed E-state index contributed by atoms with van der Waals surface area (Å²) in [6, 6.07) is 9.71. The number of esters is 2. The van der Waals surface area contributed by atoms with Gasteiger partial charge in [-0.3, -0.25) is 9.59 Å². The van der Waals surface area contributed by atoms with E-state index < -0.39 is 0 Å². The largest absolute Gasteiger partial charge is 0.466 e. The van der Waals surface area contributed by atoms with Crippen molar-refractivity contribution in [2.45, 2.75) is 33.1 Å². The molecule has 1 aromatic rings. The zero-order valence-electron chi connectivity index (χ0n) is 12.6. The monoisotopic (exact) mass is 290 g/mol. The lowest BCUT2D eigenvalue weighted by atomic mass is 10.00. The Kier molecular flexibility index (Phi) is 7.87. The zero-order valence-corrected chi connectivity index (χ0v) is 12.6. The molecule has 0 radical (unpaired) electrons. The highest BCUT2D eigenvalue weighted by Crippen LogP contribution is 2.21. The van der Waals surface area contributed by atoms with Crippen LogP contribution in [0.1, 0.15) is 38.7 Å². The minimum atomic E-state index is -0.262. The molecule has 21 heavy (non-hydrogen) atoms. The molecule has 0 bridgehead atoms. The fourth-order valence-electron chi connectivity index (χ4n) is 1.91. The van der Waals surface area contributed by atoms with E-state index >= 15 is 0 Å². The van der Waals surface area contributed by atoms with Gasteiger partial charge in [-0.1, -0.05) is 36.4 Å². The second kappa shape index (κ2) is 9.75. The molecular weight excluding hydrogens is 268 g/mol. The molecule has 0 aromatic heterocycles. The van der Waals surface area contributed by atoms with Crippen LogP contribution in [-0.2, 0) is 19.1 Å². The topological polar surface area (TPSA) is 52.6 Å². The van der Waals surface area contributed by atoms with Crippen LogP contribution in [0.3, 0.4) is 0 Å². The molecule has 4 nitrogen and oxygen atoms in total. The van der Waals surface area contributed by atoms with Gasteiger partial charge in [0, 0.05) is 6.42 Å². The van der Waals surface area contributed by atoms with Gasteiger partial charge >= 0.3 is 11.9 Å². The van der Waals surface area contributed by atoms with Gasteiger partial charge in [0.2, 0.25) is 0 Å². The first-order valence-corrected chi connectivity index (χ1v) is 7.23. The summed E-state index contributed by atoms with van der Waals surface area (Å²) in [6.45, 7) is 4.31. The van der Waals surface area contributed by atoms with Crippen molar-refractivity contribution < 1.29 is 19.1 Å². The number of allylic oxidation sites excluding steroid dienone is 1. The van der Waals surface area contributed by atoms with Crippen LogP contribution in [0.2, 0.25) is 0 Å². The van der Waals surface area contributed by atoms with Gasteiger partial charge in [0.15, 0.2) is 0 Å². The minimum absolute atomic E-state index is 0.209. The second-order valence-electron chi connectivity index (χ2n) is 4.41. The minimum Gasteiger partial charge on any atom is -0.466 e. The van der Waals surface area contributed by atoms with Gasteiger partial charge in [-0.25, -0.2) is 0 Å². The molecule has 114 valence electrons. The average Bonchev–Trinajstić information content (AvgIpc) is 2.49. The average molecular weight is 290 g/mol. The third-order valence-corrected chi connectivity index (χ3v) is 2.87. The quantitative estimate of drug-likeness (QED) is 0.689. The van der Waals surface area contributed by atoms with Crippen LogP contribution in [0.4, 0.5) is 0 Å². The number of carbonyl (C=O) groups excluding carboxylic acids is 2. The molecule has 0 amide bonds. The first-order chi connectivity index (χ1) is 10.2. The Morgan fingerprint density at radius 2 is 1.57 bits per heavy atom. The van der Waals surface area contributed by atoms with Crippen LogP contribution < -0.4 is 0 Å². The Balaban J connectivity index is 2.73. The molecule has 1 rings (SSSR count). The van der Waals surface area contributed by atoms with Crippen molar-refractivity contribution in [3.05, 3.63) is 42.0 Å². The maximum absolute atomic E-state index is 11.5. The van der Waals surface area contributed by atoms with Crippen LogP contribution in [0.25, 0.3) is 5.57 Å². The Bertz CT molecular complexity index is 477.